The van der Waals surface area contributed by atoms with E-state index in [0.717, 1.165) is 45.3 Å². The van der Waals surface area contributed by atoms with Crippen LogP contribution in [0.15, 0.2) is 0 Å². The van der Waals surface area contributed by atoms with Crippen molar-refractivity contribution >= 4 is 5.91 Å². The summed E-state index contributed by atoms with van der Waals surface area (Å²) >= 11 is 0. The molecule has 2 aliphatic rings. The minimum absolute atomic E-state index is 0.235. The third-order valence-corrected chi connectivity index (χ3v) is 4.97. The highest BCUT2D eigenvalue weighted by Crippen LogP contribution is 2.30. The van der Waals surface area contributed by atoms with E-state index in [1.807, 2.05) is 18.7 Å². The van der Waals surface area contributed by atoms with Gasteiger partial charge in [-0.25, -0.2) is 0 Å². The highest BCUT2D eigenvalue weighted by atomic mass is 16.3. The lowest BCUT2D eigenvalue weighted by Crippen LogP contribution is -2.58. The summed E-state index contributed by atoms with van der Waals surface area (Å²) < 4.78 is 0. The van der Waals surface area contributed by atoms with Crippen LogP contribution < -0.4 is 0 Å². The minimum atomic E-state index is -0.402. The molecule has 1 unspecified atom stereocenters. The van der Waals surface area contributed by atoms with Gasteiger partial charge in [0.2, 0.25) is 5.91 Å². The maximum absolute atomic E-state index is 12.5. The summed E-state index contributed by atoms with van der Waals surface area (Å²) in [6, 6.07) is 0. The van der Waals surface area contributed by atoms with Gasteiger partial charge in [-0.1, -0.05) is 0 Å². The number of rotatable bonds is 2. The SMILES string of the molecule is CN1CCC(CC(=O)N2CCCC(O)C2(C)C)CC1. The molecule has 0 bridgehead atoms. The van der Waals surface area contributed by atoms with Crippen LogP contribution in [0.3, 0.4) is 0 Å². The Hall–Kier alpha value is -0.610. The highest BCUT2D eigenvalue weighted by Gasteiger charge is 2.40. The Morgan fingerprint density at radius 3 is 2.47 bits per heavy atom. The molecule has 110 valence electrons. The van der Waals surface area contributed by atoms with E-state index in [1.165, 1.54) is 0 Å². The molecule has 2 heterocycles. The molecule has 0 spiro atoms. The molecular formula is C15H28N2O2. The van der Waals surface area contributed by atoms with E-state index in [-0.39, 0.29) is 12.0 Å². The van der Waals surface area contributed by atoms with Gasteiger partial charge in [0.05, 0.1) is 11.6 Å². The summed E-state index contributed by atoms with van der Waals surface area (Å²) in [5.74, 6) is 0.761. The first-order valence-corrected chi connectivity index (χ1v) is 7.58. The highest BCUT2D eigenvalue weighted by molar-refractivity contribution is 5.77. The smallest absolute Gasteiger partial charge is 0.223 e. The second-order valence-corrected chi connectivity index (χ2v) is 6.81. The van der Waals surface area contributed by atoms with E-state index >= 15 is 0 Å². The van der Waals surface area contributed by atoms with Gasteiger partial charge in [0.1, 0.15) is 0 Å². The van der Waals surface area contributed by atoms with Gasteiger partial charge in [0, 0.05) is 13.0 Å². The standard InChI is InChI=1S/C15H28N2O2/c1-15(2)13(18)5-4-8-17(15)14(19)11-12-6-9-16(3)10-7-12/h12-13,18H,4-11H2,1-3H3. The van der Waals surface area contributed by atoms with E-state index in [1.54, 1.807) is 0 Å². The molecule has 0 aromatic heterocycles. The molecule has 4 heteroatoms. The van der Waals surface area contributed by atoms with Crippen molar-refractivity contribution in [1.29, 1.82) is 0 Å². The molecule has 0 aliphatic carbocycles. The van der Waals surface area contributed by atoms with Crippen molar-refractivity contribution in [3.8, 4) is 0 Å². The largest absolute Gasteiger partial charge is 0.391 e. The second-order valence-electron chi connectivity index (χ2n) is 6.81. The predicted molar refractivity (Wildman–Crippen MR) is 75.9 cm³/mol. The normalized spacial score (nSPS) is 29.5. The van der Waals surface area contributed by atoms with Crippen molar-refractivity contribution in [3.05, 3.63) is 0 Å². The van der Waals surface area contributed by atoms with Crippen molar-refractivity contribution < 1.29 is 9.90 Å². The molecule has 2 rings (SSSR count). The Labute approximate surface area is 116 Å². The molecule has 0 aromatic rings. The number of hydrogen-bond donors (Lipinski definition) is 1. The monoisotopic (exact) mass is 268 g/mol. The molecule has 0 saturated carbocycles. The van der Waals surface area contributed by atoms with Crippen molar-refractivity contribution in [1.82, 2.24) is 9.80 Å². The lowest BCUT2D eigenvalue weighted by Gasteiger charge is -2.46. The molecule has 1 amide bonds. The molecule has 2 fully saturated rings. The number of amides is 1. The summed E-state index contributed by atoms with van der Waals surface area (Å²) in [6.45, 7) is 6.98. The van der Waals surface area contributed by atoms with Gasteiger partial charge in [-0.15, -0.1) is 0 Å². The van der Waals surface area contributed by atoms with E-state index < -0.39 is 5.54 Å². The van der Waals surface area contributed by atoms with Crippen LogP contribution in [0.25, 0.3) is 0 Å². The topological polar surface area (TPSA) is 43.8 Å². The fraction of sp³-hybridized carbons (Fsp3) is 0.933. The molecule has 2 saturated heterocycles. The summed E-state index contributed by atoms with van der Waals surface area (Å²) in [4.78, 5) is 16.8. The Kier molecular flexibility index (Phi) is 4.51. The second kappa shape index (κ2) is 5.80. The molecule has 19 heavy (non-hydrogen) atoms. The number of carbonyl (C=O) groups is 1. The zero-order valence-electron chi connectivity index (χ0n) is 12.6. The maximum atomic E-state index is 12.5. The Bertz CT molecular complexity index is 322. The number of piperidine rings is 2. The third kappa shape index (κ3) is 3.29. The predicted octanol–water partition coefficient (Wildman–Crippen LogP) is 1.48. The first-order chi connectivity index (χ1) is 8.91. The van der Waals surface area contributed by atoms with Crippen molar-refractivity contribution in [2.45, 2.75) is 57.6 Å². The molecule has 4 nitrogen and oxygen atoms in total. The lowest BCUT2D eigenvalue weighted by molar-refractivity contribution is -0.146. The zero-order chi connectivity index (χ0) is 14.0. The van der Waals surface area contributed by atoms with Crippen LogP contribution in [-0.4, -0.2) is 59.1 Å². The minimum Gasteiger partial charge on any atom is -0.391 e. The average molecular weight is 268 g/mol. The van der Waals surface area contributed by atoms with Gasteiger partial charge in [-0.05, 0) is 65.6 Å². The molecular weight excluding hydrogens is 240 g/mol. The lowest BCUT2D eigenvalue weighted by atomic mass is 9.85. The van der Waals surface area contributed by atoms with Gasteiger partial charge in [0.25, 0.3) is 0 Å². The molecule has 1 atom stereocenters. The summed E-state index contributed by atoms with van der Waals surface area (Å²) in [5, 5.41) is 10.1. The summed E-state index contributed by atoms with van der Waals surface area (Å²) in [6.07, 6.45) is 4.25. The van der Waals surface area contributed by atoms with Crippen LogP contribution in [0.1, 0.15) is 46.0 Å². The van der Waals surface area contributed by atoms with Crippen molar-refractivity contribution in [2.75, 3.05) is 26.7 Å². The van der Waals surface area contributed by atoms with Crippen LogP contribution in [0, 0.1) is 5.92 Å². The first-order valence-electron chi connectivity index (χ1n) is 7.58. The quantitative estimate of drug-likeness (QED) is 0.825. The van der Waals surface area contributed by atoms with Crippen LogP contribution >= 0.6 is 0 Å². The maximum Gasteiger partial charge on any atom is 0.223 e. The van der Waals surface area contributed by atoms with Gasteiger partial charge < -0.3 is 14.9 Å². The number of aliphatic hydroxyl groups is 1. The first kappa shape index (κ1) is 14.8. The number of nitrogens with zero attached hydrogens (tertiary/aromatic N) is 2. The average Bonchev–Trinajstić information content (AvgIpc) is 2.35. The van der Waals surface area contributed by atoms with Crippen LogP contribution in [0.2, 0.25) is 0 Å². The molecule has 0 radical (unpaired) electrons. The van der Waals surface area contributed by atoms with Gasteiger partial charge >= 0.3 is 0 Å². The third-order valence-electron chi connectivity index (χ3n) is 4.97. The number of carbonyl (C=O) groups excluding carboxylic acids is 1. The Balaban J connectivity index is 1.92. The van der Waals surface area contributed by atoms with Crippen LogP contribution in [0.4, 0.5) is 0 Å². The van der Waals surface area contributed by atoms with E-state index in [9.17, 15) is 9.90 Å². The van der Waals surface area contributed by atoms with E-state index in [2.05, 4.69) is 11.9 Å². The van der Waals surface area contributed by atoms with Gasteiger partial charge in [-0.2, -0.15) is 0 Å². The van der Waals surface area contributed by atoms with E-state index in [0.29, 0.717) is 12.3 Å². The summed E-state index contributed by atoms with van der Waals surface area (Å²) in [7, 11) is 2.14. The van der Waals surface area contributed by atoms with E-state index in [4.69, 9.17) is 0 Å². The van der Waals surface area contributed by atoms with Crippen LogP contribution in [-0.2, 0) is 4.79 Å². The van der Waals surface area contributed by atoms with Crippen molar-refractivity contribution in [3.63, 3.8) is 0 Å². The molecule has 2 aliphatic heterocycles. The van der Waals surface area contributed by atoms with Gasteiger partial charge in [-0.3, -0.25) is 4.79 Å². The van der Waals surface area contributed by atoms with Crippen LogP contribution in [0.5, 0.6) is 0 Å². The zero-order valence-corrected chi connectivity index (χ0v) is 12.6. The summed E-state index contributed by atoms with van der Waals surface area (Å²) in [5.41, 5.74) is -0.402. The molecule has 0 aromatic carbocycles. The number of likely N-dealkylation sites (tertiary alicyclic amines) is 2. The fourth-order valence-corrected chi connectivity index (χ4v) is 3.33. The van der Waals surface area contributed by atoms with Gasteiger partial charge in [0.15, 0.2) is 0 Å². The number of hydrogen-bond acceptors (Lipinski definition) is 3. The Morgan fingerprint density at radius 1 is 1.21 bits per heavy atom. The molecule has 1 N–H and O–H groups in total. The number of aliphatic hydroxyl groups excluding tert-OH is 1. The fourth-order valence-electron chi connectivity index (χ4n) is 3.33. The van der Waals surface area contributed by atoms with Crippen molar-refractivity contribution in [2.24, 2.45) is 5.92 Å². The Morgan fingerprint density at radius 2 is 1.84 bits per heavy atom.